The fourth-order valence-electron chi connectivity index (χ4n) is 4.51. The van der Waals surface area contributed by atoms with Gasteiger partial charge in [0.15, 0.2) is 0 Å². The van der Waals surface area contributed by atoms with Crippen molar-refractivity contribution in [2.45, 2.75) is 120 Å². The van der Waals surface area contributed by atoms with Crippen LogP contribution in [0.5, 0.6) is 0 Å². The van der Waals surface area contributed by atoms with E-state index in [0.29, 0.717) is 19.2 Å². The Morgan fingerprint density at radius 2 is 1.16 bits per heavy atom. The molecule has 150 valence electrons. The molecule has 4 unspecified atom stereocenters. The molecule has 0 nitrogen and oxygen atoms in total. The summed E-state index contributed by atoms with van der Waals surface area (Å²) in [5, 5.41) is 4.50. The molecule has 0 saturated heterocycles. The van der Waals surface area contributed by atoms with Crippen LogP contribution >= 0.6 is 17.2 Å². The molecule has 0 bridgehead atoms. The van der Waals surface area contributed by atoms with Crippen molar-refractivity contribution < 1.29 is 19.2 Å². The van der Waals surface area contributed by atoms with Crippen molar-refractivity contribution in [2.24, 2.45) is 5.41 Å². The van der Waals surface area contributed by atoms with Gasteiger partial charge in [-0.05, 0) is 74.0 Å². The van der Waals surface area contributed by atoms with Crippen molar-refractivity contribution in [1.82, 2.24) is 0 Å². The predicted molar refractivity (Wildman–Crippen MR) is 122 cm³/mol. The number of hydrogen-bond acceptors (Lipinski definition) is 0. The van der Waals surface area contributed by atoms with Crippen molar-refractivity contribution in [1.29, 1.82) is 0 Å². The van der Waals surface area contributed by atoms with Crippen LogP contribution in [0.1, 0.15) is 98.3 Å². The molecule has 0 N–H and O–H groups in total. The average molecular weight is 422 g/mol. The Balaban J connectivity index is 0.00000178. The summed E-state index contributed by atoms with van der Waals surface area (Å²) in [6, 6.07) is 0. The van der Waals surface area contributed by atoms with E-state index in [9.17, 15) is 0 Å². The second-order valence-corrected chi connectivity index (χ2v) is 13.2. The van der Waals surface area contributed by atoms with Crippen LogP contribution in [0, 0.1) is 5.41 Å². The van der Waals surface area contributed by atoms with Crippen LogP contribution in [0.3, 0.4) is 0 Å². The Hall–Kier alpha value is 1.57. The first kappa shape index (κ1) is 26.6. The van der Waals surface area contributed by atoms with Crippen LogP contribution in [-0.4, -0.2) is 23.6 Å². The van der Waals surface area contributed by atoms with Crippen LogP contribution in [0.25, 0.3) is 0 Å². The van der Waals surface area contributed by atoms with Crippen molar-refractivity contribution >= 4 is 17.2 Å². The molecule has 0 amide bonds. The molecule has 1 saturated carbocycles. The quantitative estimate of drug-likeness (QED) is 0.168. The second kappa shape index (κ2) is 17.7. The van der Waals surface area contributed by atoms with Gasteiger partial charge in [0.25, 0.3) is 0 Å². The van der Waals surface area contributed by atoms with Crippen LogP contribution in [0.15, 0.2) is 0 Å². The molecule has 3 heteroatoms. The molecule has 0 radical (unpaired) electrons. The summed E-state index contributed by atoms with van der Waals surface area (Å²) in [5.74, 6) is 0. The zero-order valence-corrected chi connectivity index (χ0v) is 21.9. The molecule has 0 aromatic rings. The predicted octanol–water partition coefficient (Wildman–Crippen LogP) is 8.62. The van der Waals surface area contributed by atoms with Crippen LogP contribution in [0.2, 0.25) is 10.5 Å². The monoisotopic (exact) mass is 422 g/mol. The minimum absolute atomic E-state index is 0.500. The van der Waals surface area contributed by atoms with Crippen LogP contribution in [0.4, 0.5) is 0 Å². The first-order valence-corrected chi connectivity index (χ1v) is 16.9. The molecule has 0 aromatic carbocycles. The van der Waals surface area contributed by atoms with Gasteiger partial charge in [-0.25, -0.2) is 0 Å². The standard InChI is InChI=1S/C20H42P2.2CH3.Ti/c1-5-9-13-21-18-15-19(22-14-10-6-2)17-20(16-18,11-7-3)12-8-4;;;/h18-19,21-22H,5-17H2,1-4H3;2*1H3;. The van der Waals surface area contributed by atoms with E-state index in [1.54, 1.807) is 19.3 Å². The zero-order chi connectivity index (χ0) is 19.0. The molecule has 1 aliphatic rings. The normalized spacial score (nSPS) is 23.1. The molecule has 0 heterocycles. The molecule has 4 atom stereocenters. The van der Waals surface area contributed by atoms with Crippen molar-refractivity contribution in [3.05, 3.63) is 0 Å². The van der Waals surface area contributed by atoms with E-state index in [1.165, 1.54) is 80.9 Å². The molecule has 25 heavy (non-hydrogen) atoms. The van der Waals surface area contributed by atoms with E-state index in [1.807, 2.05) is 0 Å². The summed E-state index contributed by atoms with van der Waals surface area (Å²) in [5.41, 5.74) is 2.89. The van der Waals surface area contributed by atoms with Crippen molar-refractivity contribution in [2.75, 3.05) is 12.3 Å². The van der Waals surface area contributed by atoms with E-state index in [0.717, 1.165) is 16.7 Å². The molecular formula is C22H48P2Ti. The van der Waals surface area contributed by atoms with Crippen molar-refractivity contribution in [3.63, 3.8) is 0 Å². The minimum atomic E-state index is 0.500. The Labute approximate surface area is 173 Å². The third-order valence-electron chi connectivity index (χ3n) is 5.42. The Morgan fingerprint density at radius 3 is 1.48 bits per heavy atom. The SMILES string of the molecule is CCCCPC1CC(PCCCC)CC(CCC)(CCC)C1.[CH3][Ti][CH3]. The molecule has 0 spiro atoms. The molecule has 0 aliphatic heterocycles. The number of hydrogen-bond donors (Lipinski definition) is 0. The van der Waals surface area contributed by atoms with E-state index in [2.05, 4.69) is 38.2 Å². The Morgan fingerprint density at radius 1 is 0.760 bits per heavy atom. The van der Waals surface area contributed by atoms with Gasteiger partial charge in [-0.2, -0.15) is 0 Å². The molecule has 1 fully saturated rings. The van der Waals surface area contributed by atoms with Gasteiger partial charge in [-0.1, -0.05) is 53.4 Å². The number of rotatable bonds is 12. The maximum absolute atomic E-state index is 2.41. The van der Waals surface area contributed by atoms with Gasteiger partial charge >= 0.3 is 29.6 Å². The third-order valence-corrected chi connectivity index (χ3v) is 8.73. The fourth-order valence-corrected chi connectivity index (χ4v) is 8.73. The zero-order valence-electron chi connectivity index (χ0n) is 18.3. The molecular weight excluding hydrogens is 374 g/mol. The van der Waals surface area contributed by atoms with Gasteiger partial charge in [0.2, 0.25) is 0 Å². The summed E-state index contributed by atoms with van der Waals surface area (Å²) in [7, 11) is 2.52. The van der Waals surface area contributed by atoms with E-state index >= 15 is 0 Å². The molecule has 0 aromatic heterocycles. The van der Waals surface area contributed by atoms with Crippen LogP contribution < -0.4 is 0 Å². The van der Waals surface area contributed by atoms with Crippen molar-refractivity contribution in [3.8, 4) is 0 Å². The third kappa shape index (κ3) is 12.6. The molecule has 1 aliphatic carbocycles. The first-order chi connectivity index (χ1) is 12.1. The number of unbranched alkanes of at least 4 members (excludes halogenated alkanes) is 2. The summed E-state index contributed by atoms with van der Waals surface area (Å²) in [4.78, 5) is 0. The summed E-state index contributed by atoms with van der Waals surface area (Å²) < 4.78 is 0. The summed E-state index contributed by atoms with van der Waals surface area (Å²) in [6.07, 6.45) is 19.3. The van der Waals surface area contributed by atoms with Gasteiger partial charge in [-0.15, -0.1) is 17.2 Å². The van der Waals surface area contributed by atoms with Gasteiger partial charge in [0.05, 0.1) is 0 Å². The molecule has 1 rings (SSSR count). The average Bonchev–Trinajstić information content (AvgIpc) is 2.56. The summed E-state index contributed by atoms with van der Waals surface area (Å²) >= 11 is 0.500. The van der Waals surface area contributed by atoms with E-state index in [-0.39, 0.29) is 0 Å². The van der Waals surface area contributed by atoms with Crippen LogP contribution in [-0.2, 0) is 19.2 Å². The van der Waals surface area contributed by atoms with Gasteiger partial charge in [-0.3, -0.25) is 0 Å². The second-order valence-electron chi connectivity index (χ2n) is 8.15. The summed E-state index contributed by atoms with van der Waals surface area (Å²) in [6.45, 7) is 9.51. The van der Waals surface area contributed by atoms with Gasteiger partial charge in [0, 0.05) is 0 Å². The maximum atomic E-state index is 2.41. The van der Waals surface area contributed by atoms with Gasteiger partial charge < -0.3 is 0 Å². The topological polar surface area (TPSA) is 0 Å². The fraction of sp³-hybridized carbons (Fsp3) is 1.00. The van der Waals surface area contributed by atoms with E-state index in [4.69, 9.17) is 0 Å². The van der Waals surface area contributed by atoms with Gasteiger partial charge in [0.1, 0.15) is 0 Å². The first-order valence-electron chi connectivity index (χ1n) is 11.2. The Bertz CT molecular complexity index is 257. The Kier molecular flexibility index (Phi) is 18.8. The van der Waals surface area contributed by atoms with E-state index < -0.39 is 0 Å².